The molecule has 0 saturated carbocycles. The highest BCUT2D eigenvalue weighted by Crippen LogP contribution is 2.14. The van der Waals surface area contributed by atoms with E-state index in [1.54, 1.807) is 0 Å². The van der Waals surface area contributed by atoms with E-state index in [9.17, 15) is 20.1 Å². The number of carboxylic acid groups (broad SMARTS) is 1. The van der Waals surface area contributed by atoms with E-state index in [2.05, 4.69) is 0 Å². The van der Waals surface area contributed by atoms with Gasteiger partial charge in [-0.15, -0.1) is 0 Å². The van der Waals surface area contributed by atoms with Gasteiger partial charge in [-0.05, 0) is 0 Å². The SMILES string of the molecule is O=C(O)c1c[n+]([O-])ccc1[N+](=O)[O-]. The molecule has 1 heterocycles. The molecule has 1 rings (SSSR count). The van der Waals surface area contributed by atoms with E-state index < -0.39 is 22.1 Å². The molecule has 0 aliphatic rings. The minimum absolute atomic E-state index is 0.191. The number of carbonyl (C=O) groups is 1. The fraction of sp³-hybridized carbons (Fsp3) is 0. The van der Waals surface area contributed by atoms with E-state index in [4.69, 9.17) is 5.11 Å². The second-order valence-electron chi connectivity index (χ2n) is 2.17. The summed E-state index contributed by atoms with van der Waals surface area (Å²) in [5.74, 6) is -1.50. The summed E-state index contributed by atoms with van der Waals surface area (Å²) in [5.41, 5.74) is -1.22. The van der Waals surface area contributed by atoms with Crippen molar-refractivity contribution in [3.05, 3.63) is 39.3 Å². The van der Waals surface area contributed by atoms with Crippen molar-refractivity contribution in [3.8, 4) is 0 Å². The Bertz CT molecular complexity index is 375. The number of aromatic carboxylic acids is 1. The summed E-state index contributed by atoms with van der Waals surface area (Å²) < 4.78 is 0.191. The Morgan fingerprint density at radius 3 is 2.69 bits per heavy atom. The van der Waals surface area contributed by atoms with Crippen LogP contribution in [0.2, 0.25) is 0 Å². The fourth-order valence-electron chi connectivity index (χ4n) is 0.794. The molecule has 68 valence electrons. The number of nitro groups is 1. The zero-order chi connectivity index (χ0) is 10.0. The average Bonchev–Trinajstić information content (AvgIpc) is 2.03. The van der Waals surface area contributed by atoms with Gasteiger partial charge in [0, 0.05) is 0 Å². The average molecular weight is 184 g/mol. The van der Waals surface area contributed by atoms with E-state index in [1.165, 1.54) is 0 Å². The van der Waals surface area contributed by atoms with Crippen LogP contribution in [0, 0.1) is 15.3 Å². The first kappa shape index (κ1) is 8.91. The van der Waals surface area contributed by atoms with Gasteiger partial charge in [0.05, 0.1) is 11.0 Å². The molecule has 0 bridgehead atoms. The lowest BCUT2D eigenvalue weighted by Gasteiger charge is -1.97. The maximum Gasteiger partial charge on any atom is 0.349 e. The van der Waals surface area contributed by atoms with Crippen LogP contribution in [0.3, 0.4) is 0 Å². The predicted molar refractivity (Wildman–Crippen MR) is 39.0 cm³/mol. The third-order valence-electron chi connectivity index (χ3n) is 1.34. The number of pyridine rings is 1. The second kappa shape index (κ2) is 3.05. The fourth-order valence-corrected chi connectivity index (χ4v) is 0.794. The van der Waals surface area contributed by atoms with Crippen molar-refractivity contribution in [2.75, 3.05) is 0 Å². The van der Waals surface area contributed by atoms with E-state index >= 15 is 0 Å². The number of rotatable bonds is 2. The highest BCUT2D eigenvalue weighted by Gasteiger charge is 2.22. The molecule has 7 nitrogen and oxygen atoms in total. The van der Waals surface area contributed by atoms with Crippen molar-refractivity contribution >= 4 is 11.7 Å². The lowest BCUT2D eigenvalue weighted by atomic mass is 10.2. The molecule has 1 aromatic rings. The Morgan fingerprint density at radius 2 is 2.23 bits per heavy atom. The molecule has 1 aromatic heterocycles. The van der Waals surface area contributed by atoms with Gasteiger partial charge in [-0.25, -0.2) is 4.79 Å². The molecule has 0 saturated heterocycles. The molecule has 0 unspecified atom stereocenters. The largest absolute Gasteiger partial charge is 0.619 e. The summed E-state index contributed by atoms with van der Waals surface area (Å²) in [7, 11) is 0. The first-order chi connectivity index (χ1) is 6.02. The van der Waals surface area contributed by atoms with Crippen LogP contribution < -0.4 is 4.73 Å². The van der Waals surface area contributed by atoms with Crippen LogP contribution in [-0.2, 0) is 0 Å². The van der Waals surface area contributed by atoms with Crippen molar-refractivity contribution in [1.29, 1.82) is 0 Å². The predicted octanol–water partition coefficient (Wildman–Crippen LogP) is -0.0736. The van der Waals surface area contributed by atoms with Crippen LogP contribution in [0.15, 0.2) is 18.5 Å². The van der Waals surface area contributed by atoms with Crippen LogP contribution in [-0.4, -0.2) is 16.0 Å². The minimum atomic E-state index is -1.50. The first-order valence-electron chi connectivity index (χ1n) is 3.13. The topological polar surface area (TPSA) is 107 Å². The normalized spacial score (nSPS) is 9.54. The van der Waals surface area contributed by atoms with Gasteiger partial charge in [-0.1, -0.05) is 0 Å². The number of carboxylic acids is 1. The molecular formula is C6H4N2O5. The van der Waals surface area contributed by atoms with Gasteiger partial charge < -0.3 is 10.3 Å². The Morgan fingerprint density at radius 1 is 1.62 bits per heavy atom. The van der Waals surface area contributed by atoms with Gasteiger partial charge in [0.2, 0.25) is 11.8 Å². The summed E-state index contributed by atoms with van der Waals surface area (Å²) >= 11 is 0. The number of hydrogen-bond donors (Lipinski definition) is 1. The molecule has 0 aromatic carbocycles. The molecule has 0 aliphatic heterocycles. The Balaban J connectivity index is 3.35. The monoisotopic (exact) mass is 184 g/mol. The molecule has 0 fully saturated rings. The van der Waals surface area contributed by atoms with Crippen LogP contribution in [0.1, 0.15) is 10.4 Å². The van der Waals surface area contributed by atoms with Gasteiger partial charge in [0.25, 0.3) is 5.69 Å². The quantitative estimate of drug-likeness (QED) is 0.299. The van der Waals surface area contributed by atoms with Crippen molar-refractivity contribution in [3.63, 3.8) is 0 Å². The zero-order valence-corrected chi connectivity index (χ0v) is 6.21. The molecule has 0 radical (unpaired) electrons. The van der Waals surface area contributed by atoms with Crippen LogP contribution >= 0.6 is 0 Å². The Kier molecular flexibility index (Phi) is 2.09. The van der Waals surface area contributed by atoms with E-state index in [1.807, 2.05) is 0 Å². The van der Waals surface area contributed by atoms with Crippen LogP contribution in [0.4, 0.5) is 5.69 Å². The van der Waals surface area contributed by atoms with E-state index in [0.717, 1.165) is 12.3 Å². The summed E-state index contributed by atoms with van der Waals surface area (Å²) in [4.78, 5) is 19.8. The van der Waals surface area contributed by atoms with Crippen molar-refractivity contribution < 1.29 is 19.6 Å². The highest BCUT2D eigenvalue weighted by atomic mass is 16.6. The molecular weight excluding hydrogens is 180 g/mol. The van der Waals surface area contributed by atoms with Gasteiger partial charge in [0.1, 0.15) is 0 Å². The third kappa shape index (κ3) is 1.70. The van der Waals surface area contributed by atoms with Crippen LogP contribution in [0.5, 0.6) is 0 Å². The molecule has 7 heteroatoms. The molecule has 1 N–H and O–H groups in total. The standard InChI is InChI=1S/C6H4N2O5/c9-6(10)4-3-7(11)2-1-5(4)8(12)13/h1-3H,(H,9,10). The summed E-state index contributed by atoms with van der Waals surface area (Å²) in [6, 6.07) is 0.844. The Labute approximate surface area is 71.6 Å². The van der Waals surface area contributed by atoms with Gasteiger partial charge in [-0.2, -0.15) is 4.73 Å². The number of nitrogens with zero attached hydrogens (tertiary/aromatic N) is 2. The van der Waals surface area contributed by atoms with Gasteiger partial charge in [-0.3, -0.25) is 10.1 Å². The highest BCUT2D eigenvalue weighted by molar-refractivity contribution is 5.91. The Hall–Kier alpha value is -2.18. The van der Waals surface area contributed by atoms with Gasteiger partial charge in [0.15, 0.2) is 6.20 Å². The second-order valence-corrected chi connectivity index (χ2v) is 2.17. The number of aromatic nitrogens is 1. The summed E-state index contributed by atoms with van der Waals surface area (Å²) in [5, 5.41) is 29.4. The van der Waals surface area contributed by atoms with Crippen molar-refractivity contribution in [2.24, 2.45) is 0 Å². The van der Waals surface area contributed by atoms with Gasteiger partial charge >= 0.3 is 5.97 Å². The van der Waals surface area contributed by atoms with Crippen molar-refractivity contribution in [2.45, 2.75) is 0 Å². The maximum atomic E-state index is 10.6. The lowest BCUT2D eigenvalue weighted by Crippen LogP contribution is -2.26. The van der Waals surface area contributed by atoms with E-state index in [0.29, 0.717) is 6.20 Å². The summed E-state index contributed by atoms with van der Waals surface area (Å²) in [6.07, 6.45) is 1.50. The van der Waals surface area contributed by atoms with Crippen molar-refractivity contribution in [1.82, 2.24) is 0 Å². The third-order valence-corrected chi connectivity index (χ3v) is 1.34. The first-order valence-corrected chi connectivity index (χ1v) is 3.13. The van der Waals surface area contributed by atoms with E-state index in [-0.39, 0.29) is 4.73 Å². The number of hydrogen-bond acceptors (Lipinski definition) is 4. The molecule has 13 heavy (non-hydrogen) atoms. The minimum Gasteiger partial charge on any atom is -0.619 e. The lowest BCUT2D eigenvalue weighted by molar-refractivity contribution is -0.606. The van der Waals surface area contributed by atoms with Crippen LogP contribution in [0.25, 0.3) is 0 Å². The molecule has 0 atom stereocenters. The summed E-state index contributed by atoms with van der Waals surface area (Å²) in [6.45, 7) is 0. The maximum absolute atomic E-state index is 10.6. The smallest absolute Gasteiger partial charge is 0.349 e. The molecule has 0 amide bonds. The molecule has 0 spiro atoms. The molecule has 0 aliphatic carbocycles. The zero-order valence-electron chi connectivity index (χ0n) is 6.21.